The van der Waals surface area contributed by atoms with Crippen LogP contribution in [0.5, 0.6) is 11.5 Å². The summed E-state index contributed by atoms with van der Waals surface area (Å²) >= 11 is 7.06. The van der Waals surface area contributed by atoms with Crippen LogP contribution in [0.25, 0.3) is 0 Å². The molecule has 3 rings (SSSR count). The molecule has 2 aromatic carbocycles. The summed E-state index contributed by atoms with van der Waals surface area (Å²) in [4.78, 5) is 22.5. The Morgan fingerprint density at radius 2 is 2.09 bits per heavy atom. The third kappa shape index (κ3) is 6.44. The Morgan fingerprint density at radius 3 is 2.81 bits per heavy atom. The van der Waals surface area contributed by atoms with Crippen molar-refractivity contribution >= 4 is 46.6 Å². The average Bonchev–Trinajstić information content (AvgIpc) is 3.07. The number of carboxylic acid groups (broad SMARTS) is 1. The Morgan fingerprint density at radius 1 is 1.28 bits per heavy atom. The number of hydrogen-bond donors (Lipinski definition) is 2. The van der Waals surface area contributed by atoms with Crippen LogP contribution in [-0.2, 0) is 16.2 Å². The van der Waals surface area contributed by atoms with E-state index in [1.807, 2.05) is 6.92 Å². The largest absolute Gasteiger partial charge is 0.490 e. The van der Waals surface area contributed by atoms with E-state index in [1.165, 1.54) is 18.3 Å². The molecule has 2 aromatic rings. The van der Waals surface area contributed by atoms with E-state index in [-0.39, 0.29) is 23.2 Å². The van der Waals surface area contributed by atoms with Gasteiger partial charge in [0.05, 0.1) is 24.3 Å². The minimum absolute atomic E-state index is 0.134. The van der Waals surface area contributed by atoms with Crippen molar-refractivity contribution in [3.8, 4) is 11.5 Å². The van der Waals surface area contributed by atoms with E-state index in [0.29, 0.717) is 29.2 Å². The van der Waals surface area contributed by atoms with Crippen LogP contribution in [0.3, 0.4) is 0 Å². The van der Waals surface area contributed by atoms with Gasteiger partial charge in [0.25, 0.3) is 0 Å². The van der Waals surface area contributed by atoms with Gasteiger partial charge in [-0.15, -0.1) is 5.10 Å². The summed E-state index contributed by atoms with van der Waals surface area (Å²) in [5.74, 6) is -0.935. The average molecular weight is 480 g/mol. The highest BCUT2D eigenvalue weighted by Gasteiger charge is 2.32. The third-order valence-corrected chi connectivity index (χ3v) is 5.58. The molecule has 168 valence electrons. The Labute approximate surface area is 192 Å². The van der Waals surface area contributed by atoms with Crippen LogP contribution in [0, 0.1) is 5.82 Å². The van der Waals surface area contributed by atoms with Crippen LogP contribution in [0.1, 0.15) is 24.5 Å². The summed E-state index contributed by atoms with van der Waals surface area (Å²) in [5.41, 5.74) is 1.30. The summed E-state index contributed by atoms with van der Waals surface area (Å²) in [5, 5.41) is 19.0. The van der Waals surface area contributed by atoms with Crippen molar-refractivity contribution in [2.24, 2.45) is 10.2 Å². The van der Waals surface area contributed by atoms with Gasteiger partial charge in [-0.05, 0) is 42.8 Å². The zero-order chi connectivity index (χ0) is 23.1. The van der Waals surface area contributed by atoms with Gasteiger partial charge in [-0.1, -0.05) is 29.4 Å². The number of carboxylic acids is 1. The van der Waals surface area contributed by atoms with Crippen LogP contribution >= 0.6 is 23.4 Å². The number of carbonyl (C=O) groups is 2. The molecule has 0 saturated carbocycles. The Balaban J connectivity index is 1.67. The lowest BCUT2D eigenvalue weighted by molar-refractivity contribution is -0.138. The highest BCUT2D eigenvalue weighted by molar-refractivity contribution is 8.15. The summed E-state index contributed by atoms with van der Waals surface area (Å²) in [6.07, 6.45) is 1.18. The molecule has 8 nitrogen and oxygen atoms in total. The van der Waals surface area contributed by atoms with Crippen molar-refractivity contribution in [1.82, 2.24) is 5.32 Å². The lowest BCUT2D eigenvalue weighted by Crippen LogP contribution is -2.26. The first kappa shape index (κ1) is 23.6. The predicted octanol–water partition coefficient (Wildman–Crippen LogP) is 3.85. The van der Waals surface area contributed by atoms with Crippen molar-refractivity contribution in [2.75, 3.05) is 6.61 Å². The van der Waals surface area contributed by atoms with E-state index in [9.17, 15) is 14.0 Å². The van der Waals surface area contributed by atoms with E-state index in [1.54, 1.807) is 24.3 Å². The normalized spacial score (nSPS) is 17.0. The number of halogens is 2. The summed E-state index contributed by atoms with van der Waals surface area (Å²) in [6.45, 7) is 2.37. The molecular formula is C21H19ClFN3O5S. The molecule has 0 radical (unpaired) electrons. The van der Waals surface area contributed by atoms with Crippen molar-refractivity contribution in [1.29, 1.82) is 0 Å². The number of amides is 1. The Bertz CT molecular complexity index is 1080. The first-order valence-electron chi connectivity index (χ1n) is 9.49. The van der Waals surface area contributed by atoms with E-state index in [0.717, 1.165) is 11.8 Å². The lowest BCUT2D eigenvalue weighted by atomic mass is 10.2. The number of nitrogens with one attached hydrogen (secondary N) is 1. The number of aliphatic carboxylic acids is 1. The highest BCUT2D eigenvalue weighted by atomic mass is 35.5. The van der Waals surface area contributed by atoms with Crippen LogP contribution in [0.4, 0.5) is 4.39 Å². The maximum Gasteiger partial charge on any atom is 0.305 e. The van der Waals surface area contributed by atoms with Gasteiger partial charge in [0.2, 0.25) is 5.91 Å². The number of thioether (sulfide) groups is 1. The van der Waals surface area contributed by atoms with E-state index in [2.05, 4.69) is 15.5 Å². The number of benzene rings is 2. The van der Waals surface area contributed by atoms with E-state index in [4.69, 9.17) is 26.2 Å². The zero-order valence-corrected chi connectivity index (χ0v) is 18.5. The van der Waals surface area contributed by atoms with Crippen LogP contribution in [0.15, 0.2) is 46.6 Å². The number of ether oxygens (including phenoxy) is 2. The fraction of sp³-hybridized carbons (Fsp3) is 0.238. The Hall–Kier alpha value is -3.11. The quantitative estimate of drug-likeness (QED) is 0.417. The molecule has 1 saturated heterocycles. The smallest absolute Gasteiger partial charge is 0.305 e. The standard InChI is InChI=1S/C21H19ClFN3O5S/c1-2-30-17-7-12(10-24-26-21-25-20(29)18(32-21)9-19(27)28)3-6-16(17)31-11-13-4-5-14(23)8-15(13)22/h3-8,10,18H,2,9,11H2,1H3,(H,27,28)(H,25,26,29). The van der Waals surface area contributed by atoms with Crippen molar-refractivity contribution < 1.29 is 28.6 Å². The molecule has 1 amide bonds. The third-order valence-electron chi connectivity index (χ3n) is 4.16. The number of rotatable bonds is 9. The molecule has 11 heteroatoms. The van der Waals surface area contributed by atoms with Gasteiger partial charge in [0, 0.05) is 5.56 Å². The molecule has 1 aliphatic heterocycles. The molecule has 32 heavy (non-hydrogen) atoms. The van der Waals surface area contributed by atoms with Gasteiger partial charge < -0.3 is 19.9 Å². The number of amidine groups is 1. The van der Waals surface area contributed by atoms with Gasteiger partial charge >= 0.3 is 5.97 Å². The minimum Gasteiger partial charge on any atom is -0.490 e. The van der Waals surface area contributed by atoms with Crippen molar-refractivity contribution in [2.45, 2.75) is 25.2 Å². The number of nitrogens with zero attached hydrogens (tertiary/aromatic N) is 2. The molecule has 1 atom stereocenters. The molecule has 0 aliphatic carbocycles. The minimum atomic E-state index is -1.06. The topological polar surface area (TPSA) is 110 Å². The number of carbonyl (C=O) groups excluding carboxylic acids is 1. The molecule has 1 fully saturated rings. The second-order valence-corrected chi connectivity index (χ2v) is 8.11. The van der Waals surface area contributed by atoms with E-state index < -0.39 is 22.9 Å². The summed E-state index contributed by atoms with van der Waals surface area (Å²) in [7, 11) is 0. The lowest BCUT2D eigenvalue weighted by Gasteiger charge is -2.13. The predicted molar refractivity (Wildman–Crippen MR) is 120 cm³/mol. The molecule has 1 aliphatic rings. The first-order valence-corrected chi connectivity index (χ1v) is 10.8. The van der Waals surface area contributed by atoms with Crippen LogP contribution in [-0.4, -0.2) is 40.2 Å². The van der Waals surface area contributed by atoms with Crippen LogP contribution < -0.4 is 14.8 Å². The second-order valence-electron chi connectivity index (χ2n) is 6.51. The molecule has 2 N–H and O–H groups in total. The fourth-order valence-electron chi connectivity index (χ4n) is 2.68. The zero-order valence-electron chi connectivity index (χ0n) is 16.9. The van der Waals surface area contributed by atoms with Crippen molar-refractivity contribution in [3.05, 3.63) is 58.4 Å². The molecule has 1 heterocycles. The summed E-state index contributed by atoms with van der Waals surface area (Å²) < 4.78 is 24.6. The van der Waals surface area contributed by atoms with Crippen molar-refractivity contribution in [3.63, 3.8) is 0 Å². The molecule has 0 spiro atoms. The van der Waals surface area contributed by atoms with Gasteiger partial charge in [0.1, 0.15) is 17.7 Å². The maximum absolute atomic E-state index is 13.2. The number of hydrogen-bond acceptors (Lipinski definition) is 7. The summed E-state index contributed by atoms with van der Waals surface area (Å²) in [6, 6.07) is 9.23. The second kappa shape index (κ2) is 11.0. The van der Waals surface area contributed by atoms with Gasteiger partial charge in [0.15, 0.2) is 16.7 Å². The SMILES string of the molecule is CCOc1cc(C=NN=C2NC(=O)C(CC(=O)O)S2)ccc1OCc1ccc(F)cc1Cl. The fourth-order valence-corrected chi connectivity index (χ4v) is 3.82. The van der Waals surface area contributed by atoms with Gasteiger partial charge in [-0.25, -0.2) is 4.39 Å². The highest BCUT2D eigenvalue weighted by Crippen LogP contribution is 2.30. The Kier molecular flexibility index (Phi) is 8.07. The molecule has 0 bridgehead atoms. The maximum atomic E-state index is 13.2. The molecule has 1 unspecified atom stereocenters. The molecule has 0 aromatic heterocycles. The molecular weight excluding hydrogens is 461 g/mol. The van der Waals surface area contributed by atoms with Gasteiger partial charge in [-0.2, -0.15) is 5.10 Å². The van der Waals surface area contributed by atoms with E-state index >= 15 is 0 Å². The first-order chi connectivity index (χ1) is 15.4. The van der Waals surface area contributed by atoms with Crippen LogP contribution in [0.2, 0.25) is 5.02 Å². The van der Waals surface area contributed by atoms with Gasteiger partial charge in [-0.3, -0.25) is 9.59 Å². The monoisotopic (exact) mass is 479 g/mol.